The van der Waals surface area contributed by atoms with Gasteiger partial charge in [-0.1, -0.05) is 23.7 Å². The van der Waals surface area contributed by atoms with Crippen LogP contribution in [0, 0.1) is 0 Å². The second kappa shape index (κ2) is 5.91. The number of rotatable bonds is 3. The standard InChI is InChI=1S/C12H10BrClN2OS/c1-16-7-15-11(10(13)12(16)17)18-6-8-2-4-9(14)5-3-8/h2-5,7H,6H2,1H3. The van der Waals surface area contributed by atoms with Gasteiger partial charge in [0.2, 0.25) is 0 Å². The monoisotopic (exact) mass is 344 g/mol. The van der Waals surface area contributed by atoms with Gasteiger partial charge in [0, 0.05) is 17.8 Å². The molecule has 0 spiro atoms. The molecule has 3 nitrogen and oxygen atoms in total. The molecule has 2 aromatic rings. The summed E-state index contributed by atoms with van der Waals surface area (Å²) in [5.41, 5.74) is 1.06. The first-order valence-corrected chi connectivity index (χ1v) is 7.32. The Kier molecular flexibility index (Phi) is 4.48. The molecule has 0 amide bonds. The Balaban J connectivity index is 2.13. The van der Waals surface area contributed by atoms with Gasteiger partial charge in [-0.05, 0) is 33.6 Å². The van der Waals surface area contributed by atoms with Crippen molar-refractivity contribution in [3.05, 3.63) is 56.0 Å². The number of thioether (sulfide) groups is 1. The zero-order valence-corrected chi connectivity index (χ0v) is 12.7. The average molecular weight is 346 g/mol. The molecule has 0 aliphatic carbocycles. The molecular formula is C12H10BrClN2OS. The fourth-order valence-corrected chi connectivity index (χ4v) is 3.01. The highest BCUT2D eigenvalue weighted by Gasteiger charge is 2.08. The molecule has 0 unspecified atom stereocenters. The third-order valence-corrected chi connectivity index (χ3v) is 4.62. The van der Waals surface area contributed by atoms with Crippen LogP contribution >= 0.6 is 39.3 Å². The number of halogens is 2. The largest absolute Gasteiger partial charge is 0.301 e. The van der Waals surface area contributed by atoms with E-state index in [0.29, 0.717) is 9.50 Å². The predicted octanol–water partition coefficient (Wildman–Crippen LogP) is 3.49. The van der Waals surface area contributed by atoms with Crippen molar-refractivity contribution in [3.63, 3.8) is 0 Å². The summed E-state index contributed by atoms with van der Waals surface area (Å²) in [6.45, 7) is 0. The molecule has 94 valence electrons. The summed E-state index contributed by atoms with van der Waals surface area (Å²) in [4.78, 5) is 15.9. The van der Waals surface area contributed by atoms with Gasteiger partial charge in [-0.2, -0.15) is 0 Å². The SMILES string of the molecule is Cn1cnc(SCc2ccc(Cl)cc2)c(Br)c1=O. The van der Waals surface area contributed by atoms with Gasteiger partial charge in [0.25, 0.3) is 5.56 Å². The molecule has 0 aliphatic rings. The maximum absolute atomic E-state index is 11.7. The third-order valence-electron chi connectivity index (χ3n) is 2.33. The molecule has 0 atom stereocenters. The maximum Gasteiger partial charge on any atom is 0.268 e. The summed E-state index contributed by atoms with van der Waals surface area (Å²) in [5, 5.41) is 1.42. The Morgan fingerprint density at radius 1 is 1.39 bits per heavy atom. The van der Waals surface area contributed by atoms with Crippen LogP contribution < -0.4 is 5.56 Å². The van der Waals surface area contributed by atoms with E-state index in [0.717, 1.165) is 16.3 Å². The molecule has 18 heavy (non-hydrogen) atoms. The lowest BCUT2D eigenvalue weighted by molar-refractivity contribution is 0.786. The second-order valence-corrected chi connectivity index (χ2v) is 5.89. The molecule has 0 bridgehead atoms. The lowest BCUT2D eigenvalue weighted by Crippen LogP contribution is -2.18. The molecule has 0 fully saturated rings. The van der Waals surface area contributed by atoms with Crippen molar-refractivity contribution in [2.45, 2.75) is 10.8 Å². The molecule has 1 aromatic heterocycles. The number of aryl methyl sites for hydroxylation is 1. The molecule has 1 aromatic carbocycles. The third kappa shape index (κ3) is 3.16. The van der Waals surface area contributed by atoms with E-state index in [1.165, 1.54) is 22.7 Å². The number of nitrogens with zero attached hydrogens (tertiary/aromatic N) is 2. The van der Waals surface area contributed by atoms with Crippen molar-refractivity contribution in [1.29, 1.82) is 0 Å². The lowest BCUT2D eigenvalue weighted by Gasteiger charge is -2.05. The van der Waals surface area contributed by atoms with Crippen LogP contribution in [-0.4, -0.2) is 9.55 Å². The van der Waals surface area contributed by atoms with Crippen LogP contribution in [0.2, 0.25) is 5.02 Å². The highest BCUT2D eigenvalue weighted by Crippen LogP contribution is 2.25. The fraction of sp³-hybridized carbons (Fsp3) is 0.167. The van der Waals surface area contributed by atoms with E-state index in [4.69, 9.17) is 11.6 Å². The van der Waals surface area contributed by atoms with Crippen molar-refractivity contribution in [3.8, 4) is 0 Å². The zero-order valence-electron chi connectivity index (χ0n) is 9.56. The van der Waals surface area contributed by atoms with Crippen molar-refractivity contribution in [2.24, 2.45) is 7.05 Å². The number of aromatic nitrogens is 2. The quantitative estimate of drug-likeness (QED) is 0.631. The van der Waals surface area contributed by atoms with E-state index < -0.39 is 0 Å². The van der Waals surface area contributed by atoms with Crippen molar-refractivity contribution in [2.75, 3.05) is 0 Å². The molecular weight excluding hydrogens is 336 g/mol. The van der Waals surface area contributed by atoms with Gasteiger partial charge in [0.15, 0.2) is 0 Å². The predicted molar refractivity (Wildman–Crippen MR) is 78.2 cm³/mol. The Morgan fingerprint density at radius 3 is 2.72 bits per heavy atom. The first-order chi connectivity index (χ1) is 8.58. The van der Waals surface area contributed by atoms with Crippen molar-refractivity contribution >= 4 is 39.3 Å². The summed E-state index contributed by atoms with van der Waals surface area (Å²) in [5.74, 6) is 0.746. The van der Waals surface area contributed by atoms with E-state index in [9.17, 15) is 4.79 Å². The fourth-order valence-electron chi connectivity index (χ4n) is 1.33. The minimum absolute atomic E-state index is 0.0800. The molecule has 0 N–H and O–H groups in total. The van der Waals surface area contributed by atoms with E-state index >= 15 is 0 Å². The van der Waals surface area contributed by atoms with Crippen molar-refractivity contribution < 1.29 is 0 Å². The van der Waals surface area contributed by atoms with E-state index in [1.807, 2.05) is 24.3 Å². The van der Waals surface area contributed by atoms with Gasteiger partial charge in [0.1, 0.15) is 9.50 Å². The van der Waals surface area contributed by atoms with E-state index in [1.54, 1.807) is 7.05 Å². The summed E-state index contributed by atoms with van der Waals surface area (Å²) in [6.07, 6.45) is 1.53. The van der Waals surface area contributed by atoms with Crippen LogP contribution in [0.15, 0.2) is 44.9 Å². The number of benzene rings is 1. The van der Waals surface area contributed by atoms with Crippen molar-refractivity contribution in [1.82, 2.24) is 9.55 Å². The Morgan fingerprint density at radius 2 is 2.06 bits per heavy atom. The van der Waals surface area contributed by atoms with Crippen LogP contribution in [0.4, 0.5) is 0 Å². The van der Waals surface area contributed by atoms with Crippen LogP contribution in [0.5, 0.6) is 0 Å². The van der Waals surface area contributed by atoms with E-state index in [2.05, 4.69) is 20.9 Å². The topological polar surface area (TPSA) is 34.9 Å². The van der Waals surface area contributed by atoms with Gasteiger partial charge in [-0.15, -0.1) is 11.8 Å². The first kappa shape index (κ1) is 13.6. The van der Waals surface area contributed by atoms with E-state index in [-0.39, 0.29) is 5.56 Å². The second-order valence-electron chi connectivity index (χ2n) is 3.69. The highest BCUT2D eigenvalue weighted by atomic mass is 79.9. The summed E-state index contributed by atoms with van der Waals surface area (Å²) in [7, 11) is 1.67. The van der Waals surface area contributed by atoms with Gasteiger partial charge in [-0.25, -0.2) is 4.98 Å². The Labute approximate surface area is 122 Å². The van der Waals surface area contributed by atoms with Gasteiger partial charge in [-0.3, -0.25) is 4.79 Å². The Bertz CT molecular complexity index is 612. The van der Waals surface area contributed by atoms with Gasteiger partial charge < -0.3 is 4.57 Å². The van der Waals surface area contributed by atoms with Gasteiger partial charge in [0.05, 0.1) is 6.33 Å². The molecule has 1 heterocycles. The summed E-state index contributed by atoms with van der Waals surface area (Å²) < 4.78 is 1.95. The molecule has 6 heteroatoms. The normalized spacial score (nSPS) is 10.6. The first-order valence-electron chi connectivity index (χ1n) is 5.16. The molecule has 0 saturated carbocycles. The summed E-state index contributed by atoms with van der Waals surface area (Å²) in [6, 6.07) is 7.63. The number of hydrogen-bond acceptors (Lipinski definition) is 3. The van der Waals surface area contributed by atoms with Gasteiger partial charge >= 0.3 is 0 Å². The molecule has 0 saturated heterocycles. The van der Waals surface area contributed by atoms with Crippen LogP contribution in [0.3, 0.4) is 0 Å². The maximum atomic E-state index is 11.7. The summed E-state index contributed by atoms with van der Waals surface area (Å²) >= 11 is 10.6. The van der Waals surface area contributed by atoms with Crippen LogP contribution in [0.1, 0.15) is 5.56 Å². The lowest BCUT2D eigenvalue weighted by atomic mass is 10.2. The Hall–Kier alpha value is -0.780. The highest BCUT2D eigenvalue weighted by molar-refractivity contribution is 9.10. The van der Waals surface area contributed by atoms with Crippen LogP contribution in [-0.2, 0) is 12.8 Å². The smallest absolute Gasteiger partial charge is 0.268 e. The molecule has 0 aliphatic heterocycles. The number of hydrogen-bond donors (Lipinski definition) is 0. The minimum Gasteiger partial charge on any atom is -0.301 e. The van der Waals surface area contributed by atoms with Crippen LogP contribution in [0.25, 0.3) is 0 Å². The minimum atomic E-state index is -0.0800. The average Bonchev–Trinajstić information content (AvgIpc) is 2.37. The zero-order chi connectivity index (χ0) is 13.1. The molecule has 0 radical (unpaired) electrons. The molecule has 2 rings (SSSR count).